The van der Waals surface area contributed by atoms with Gasteiger partial charge in [0.2, 0.25) is 0 Å². The molecule has 1 heterocycles. The van der Waals surface area contributed by atoms with Gasteiger partial charge in [-0.25, -0.2) is 0 Å². The Morgan fingerprint density at radius 1 is 1.04 bits per heavy atom. The monoisotopic (exact) mass is 408 g/mol. The molecule has 2 aromatic carbocycles. The van der Waals surface area contributed by atoms with E-state index in [4.69, 9.17) is 0 Å². The van der Waals surface area contributed by atoms with Gasteiger partial charge in [-0.1, -0.05) is 41.9 Å². The molecule has 1 atom stereocenters. The standard InChI is InChI=1S/C23H25BrN2/c1-5-16(2)19-6-10-22(11-7-19)25-15-20-14-17(3)26(18(20)4)23-12-8-21(24)9-13-23/h6-16H,5H2,1-4H3/t16-/m0/s1. The molecule has 0 fully saturated rings. The van der Waals surface area contributed by atoms with E-state index in [1.54, 1.807) is 0 Å². The first-order chi connectivity index (χ1) is 12.5. The van der Waals surface area contributed by atoms with Gasteiger partial charge in [-0.3, -0.25) is 4.99 Å². The normalized spacial score (nSPS) is 12.7. The second-order valence-electron chi connectivity index (χ2n) is 6.80. The third-order valence-corrected chi connectivity index (χ3v) is 5.51. The lowest BCUT2D eigenvalue weighted by atomic mass is 9.99. The number of nitrogens with zero attached hydrogens (tertiary/aromatic N) is 2. The van der Waals surface area contributed by atoms with Crippen molar-refractivity contribution in [3.05, 3.63) is 81.6 Å². The zero-order valence-corrected chi connectivity index (χ0v) is 17.4. The predicted molar refractivity (Wildman–Crippen MR) is 115 cm³/mol. The SMILES string of the molecule is CC[C@H](C)c1ccc(N=Cc2cc(C)n(-c3ccc(Br)cc3)c2C)cc1. The number of rotatable bonds is 5. The lowest BCUT2D eigenvalue weighted by Crippen LogP contribution is -1.99. The highest BCUT2D eigenvalue weighted by Gasteiger charge is 2.09. The molecule has 3 rings (SSSR count). The first kappa shape index (κ1) is 18.7. The minimum absolute atomic E-state index is 0.595. The Labute approximate surface area is 164 Å². The molecule has 2 nitrogen and oxygen atoms in total. The fourth-order valence-corrected chi connectivity index (χ4v) is 3.44. The van der Waals surface area contributed by atoms with Crippen LogP contribution in [0.25, 0.3) is 5.69 Å². The van der Waals surface area contributed by atoms with Crippen LogP contribution in [0.1, 0.15) is 48.7 Å². The fourth-order valence-electron chi connectivity index (χ4n) is 3.17. The maximum atomic E-state index is 4.68. The molecule has 1 aromatic heterocycles. The molecule has 0 bridgehead atoms. The van der Waals surface area contributed by atoms with Crippen LogP contribution >= 0.6 is 15.9 Å². The molecule has 26 heavy (non-hydrogen) atoms. The molecular weight excluding hydrogens is 384 g/mol. The topological polar surface area (TPSA) is 17.3 Å². The van der Waals surface area contributed by atoms with Crippen LogP contribution in [0, 0.1) is 13.8 Å². The Bertz CT molecular complexity index is 903. The largest absolute Gasteiger partial charge is 0.318 e. The molecule has 0 saturated heterocycles. The Hall–Kier alpha value is -2.13. The van der Waals surface area contributed by atoms with Gasteiger partial charge in [0.1, 0.15) is 0 Å². The van der Waals surface area contributed by atoms with Crippen LogP contribution in [0.2, 0.25) is 0 Å². The lowest BCUT2D eigenvalue weighted by Gasteiger charge is -2.09. The summed E-state index contributed by atoms with van der Waals surface area (Å²) in [4.78, 5) is 4.68. The summed E-state index contributed by atoms with van der Waals surface area (Å²) in [6.07, 6.45) is 3.13. The summed E-state index contributed by atoms with van der Waals surface area (Å²) >= 11 is 3.50. The quantitative estimate of drug-likeness (QED) is 0.399. The molecule has 0 N–H and O–H groups in total. The van der Waals surface area contributed by atoms with E-state index < -0.39 is 0 Å². The van der Waals surface area contributed by atoms with E-state index in [0.29, 0.717) is 5.92 Å². The average molecular weight is 409 g/mol. The zero-order chi connectivity index (χ0) is 18.7. The van der Waals surface area contributed by atoms with Gasteiger partial charge in [0.15, 0.2) is 0 Å². The molecule has 0 spiro atoms. The van der Waals surface area contributed by atoms with Crippen molar-refractivity contribution in [3.63, 3.8) is 0 Å². The van der Waals surface area contributed by atoms with E-state index in [9.17, 15) is 0 Å². The zero-order valence-electron chi connectivity index (χ0n) is 15.8. The van der Waals surface area contributed by atoms with E-state index in [0.717, 1.165) is 22.1 Å². The molecule has 0 aliphatic carbocycles. The number of hydrogen-bond acceptors (Lipinski definition) is 1. The first-order valence-electron chi connectivity index (χ1n) is 9.08. The molecule has 134 valence electrons. The smallest absolute Gasteiger partial charge is 0.0630 e. The minimum Gasteiger partial charge on any atom is -0.318 e. The van der Waals surface area contributed by atoms with Gasteiger partial charge in [0.05, 0.1) is 5.69 Å². The third kappa shape index (κ3) is 3.99. The van der Waals surface area contributed by atoms with Crippen LogP contribution in [0.5, 0.6) is 0 Å². The van der Waals surface area contributed by atoms with Gasteiger partial charge < -0.3 is 4.57 Å². The minimum atomic E-state index is 0.595. The van der Waals surface area contributed by atoms with E-state index >= 15 is 0 Å². The van der Waals surface area contributed by atoms with Gasteiger partial charge in [-0.15, -0.1) is 0 Å². The van der Waals surface area contributed by atoms with Crippen LogP contribution < -0.4 is 0 Å². The van der Waals surface area contributed by atoms with Crippen LogP contribution in [-0.4, -0.2) is 10.8 Å². The van der Waals surface area contributed by atoms with E-state index in [-0.39, 0.29) is 0 Å². The summed E-state index contributed by atoms with van der Waals surface area (Å²) in [5.74, 6) is 0.595. The Morgan fingerprint density at radius 3 is 2.31 bits per heavy atom. The second-order valence-corrected chi connectivity index (χ2v) is 7.71. The van der Waals surface area contributed by atoms with Crippen LogP contribution in [0.4, 0.5) is 5.69 Å². The molecule has 0 saturated carbocycles. The molecule has 0 amide bonds. The number of hydrogen-bond donors (Lipinski definition) is 0. The molecule has 0 unspecified atom stereocenters. The Balaban J connectivity index is 1.85. The third-order valence-electron chi connectivity index (χ3n) is 4.98. The van der Waals surface area contributed by atoms with Crippen molar-refractivity contribution in [2.24, 2.45) is 4.99 Å². The Morgan fingerprint density at radius 2 is 1.69 bits per heavy atom. The predicted octanol–water partition coefficient (Wildman–Crippen LogP) is 7.12. The van der Waals surface area contributed by atoms with Crippen molar-refractivity contribution in [2.75, 3.05) is 0 Å². The maximum absolute atomic E-state index is 4.68. The summed E-state index contributed by atoms with van der Waals surface area (Å²) in [7, 11) is 0. The number of benzene rings is 2. The summed E-state index contributed by atoms with van der Waals surface area (Å²) in [5, 5.41) is 0. The highest BCUT2D eigenvalue weighted by atomic mass is 79.9. The van der Waals surface area contributed by atoms with Gasteiger partial charge in [-0.2, -0.15) is 0 Å². The highest BCUT2D eigenvalue weighted by molar-refractivity contribution is 9.10. The molecule has 3 aromatic rings. The van der Waals surface area contributed by atoms with Gasteiger partial charge in [0.25, 0.3) is 0 Å². The van der Waals surface area contributed by atoms with Gasteiger partial charge in [0, 0.05) is 33.3 Å². The van der Waals surface area contributed by atoms with E-state index in [1.807, 2.05) is 6.21 Å². The van der Waals surface area contributed by atoms with Crippen LogP contribution in [0.3, 0.4) is 0 Å². The van der Waals surface area contributed by atoms with Gasteiger partial charge in [-0.05, 0) is 74.2 Å². The number of aromatic nitrogens is 1. The van der Waals surface area contributed by atoms with Crippen molar-refractivity contribution >= 4 is 27.8 Å². The Kier molecular flexibility index (Phi) is 5.77. The molecule has 0 aliphatic heterocycles. The number of aliphatic imine (C=N–C) groups is 1. The van der Waals surface area contributed by atoms with Crippen molar-refractivity contribution in [1.82, 2.24) is 4.57 Å². The maximum Gasteiger partial charge on any atom is 0.0630 e. The molecular formula is C23H25BrN2. The number of aryl methyl sites for hydroxylation is 1. The molecule has 0 radical (unpaired) electrons. The first-order valence-corrected chi connectivity index (χ1v) is 9.87. The second kappa shape index (κ2) is 8.05. The average Bonchev–Trinajstić information content (AvgIpc) is 2.94. The summed E-state index contributed by atoms with van der Waals surface area (Å²) in [6, 6.07) is 19.2. The fraction of sp³-hybridized carbons (Fsp3) is 0.261. The van der Waals surface area contributed by atoms with Crippen LogP contribution in [0.15, 0.2) is 64.1 Å². The van der Waals surface area contributed by atoms with Crippen molar-refractivity contribution in [2.45, 2.75) is 40.0 Å². The lowest BCUT2D eigenvalue weighted by molar-refractivity contribution is 0.734. The van der Waals surface area contributed by atoms with Crippen LogP contribution in [-0.2, 0) is 0 Å². The van der Waals surface area contributed by atoms with E-state index in [1.165, 1.54) is 22.6 Å². The highest BCUT2D eigenvalue weighted by Crippen LogP contribution is 2.24. The molecule has 0 aliphatic rings. The number of halogens is 1. The van der Waals surface area contributed by atoms with E-state index in [2.05, 4.69) is 108 Å². The van der Waals surface area contributed by atoms with Crippen molar-refractivity contribution in [3.8, 4) is 5.69 Å². The van der Waals surface area contributed by atoms with Crippen molar-refractivity contribution < 1.29 is 0 Å². The molecule has 3 heteroatoms. The van der Waals surface area contributed by atoms with Crippen molar-refractivity contribution in [1.29, 1.82) is 0 Å². The summed E-state index contributed by atoms with van der Waals surface area (Å²) < 4.78 is 3.35. The summed E-state index contributed by atoms with van der Waals surface area (Å²) in [6.45, 7) is 8.75. The van der Waals surface area contributed by atoms with Gasteiger partial charge >= 0.3 is 0 Å². The summed E-state index contributed by atoms with van der Waals surface area (Å²) in [5.41, 5.74) is 7.09.